The average Bonchev–Trinajstić information content (AvgIpc) is 2.24. The van der Waals surface area contributed by atoms with Gasteiger partial charge in [0.2, 0.25) is 0 Å². The van der Waals surface area contributed by atoms with Crippen molar-refractivity contribution in [3.8, 4) is 0 Å². The lowest BCUT2D eigenvalue weighted by Crippen LogP contribution is -2.22. The van der Waals surface area contributed by atoms with Gasteiger partial charge in [-0.1, -0.05) is 20.8 Å². The number of nitrogens with one attached hydrogen (secondary N) is 1. The van der Waals surface area contributed by atoms with E-state index in [1.54, 1.807) is 6.07 Å². The number of aliphatic hydroxyl groups excluding tert-OH is 1. The molecule has 0 radical (unpaired) electrons. The van der Waals surface area contributed by atoms with Gasteiger partial charge in [-0.2, -0.15) is 0 Å². The van der Waals surface area contributed by atoms with Crippen molar-refractivity contribution in [2.75, 3.05) is 17.6 Å². The van der Waals surface area contributed by atoms with Gasteiger partial charge in [0.15, 0.2) is 0 Å². The first kappa shape index (κ1) is 13.7. The van der Waals surface area contributed by atoms with Crippen molar-refractivity contribution in [3.63, 3.8) is 0 Å². The van der Waals surface area contributed by atoms with E-state index in [9.17, 15) is 5.11 Å². The third-order valence-corrected chi connectivity index (χ3v) is 2.37. The summed E-state index contributed by atoms with van der Waals surface area (Å²) in [6.07, 6.45) is 1.15. The summed E-state index contributed by atoms with van der Waals surface area (Å²) in [5.41, 5.74) is 5.67. The third kappa shape index (κ3) is 4.99. The van der Waals surface area contributed by atoms with Gasteiger partial charge >= 0.3 is 0 Å². The smallest absolute Gasteiger partial charge is 0.132 e. The molecule has 4 N–H and O–H groups in total. The summed E-state index contributed by atoms with van der Waals surface area (Å²) in [6.45, 7) is 6.63. The zero-order valence-corrected chi connectivity index (χ0v) is 10.8. The lowest BCUT2D eigenvalue weighted by atomic mass is 10.1. The molecule has 1 atom stereocenters. The molecular weight excluding hydrogens is 216 g/mol. The van der Waals surface area contributed by atoms with Gasteiger partial charge in [-0.15, -0.1) is 0 Å². The van der Waals surface area contributed by atoms with Crippen molar-refractivity contribution in [1.82, 2.24) is 9.97 Å². The number of nitrogens with two attached hydrogens (primary N) is 1. The van der Waals surface area contributed by atoms with Crippen molar-refractivity contribution < 1.29 is 5.11 Å². The summed E-state index contributed by atoms with van der Waals surface area (Å²) < 4.78 is 0. The van der Waals surface area contributed by atoms with E-state index in [0.717, 1.165) is 12.8 Å². The lowest BCUT2D eigenvalue weighted by molar-refractivity contribution is 0.161. The second-order valence-electron chi connectivity index (χ2n) is 4.61. The van der Waals surface area contributed by atoms with Crippen LogP contribution in [0.5, 0.6) is 0 Å². The van der Waals surface area contributed by atoms with Gasteiger partial charge in [0.25, 0.3) is 0 Å². The summed E-state index contributed by atoms with van der Waals surface area (Å²) in [5.74, 6) is 2.33. The van der Waals surface area contributed by atoms with E-state index in [0.29, 0.717) is 29.9 Å². The van der Waals surface area contributed by atoms with Crippen LogP contribution in [0, 0.1) is 5.92 Å². The summed E-state index contributed by atoms with van der Waals surface area (Å²) in [5, 5.41) is 12.8. The Bertz CT molecular complexity index is 354. The van der Waals surface area contributed by atoms with E-state index in [2.05, 4.69) is 29.1 Å². The van der Waals surface area contributed by atoms with Crippen molar-refractivity contribution in [2.45, 2.75) is 39.7 Å². The molecule has 0 aromatic carbocycles. The van der Waals surface area contributed by atoms with Crippen LogP contribution in [-0.2, 0) is 6.42 Å². The molecule has 1 aromatic heterocycles. The van der Waals surface area contributed by atoms with Crippen LogP contribution in [0.1, 0.15) is 33.0 Å². The molecule has 1 unspecified atom stereocenters. The number of anilines is 2. The summed E-state index contributed by atoms with van der Waals surface area (Å²) in [4.78, 5) is 8.38. The molecule has 0 aliphatic rings. The van der Waals surface area contributed by atoms with Crippen LogP contribution in [0.2, 0.25) is 0 Å². The molecule has 5 nitrogen and oxygen atoms in total. The average molecular weight is 238 g/mol. The maximum absolute atomic E-state index is 9.74. The highest BCUT2D eigenvalue weighted by molar-refractivity contribution is 5.44. The Morgan fingerprint density at radius 2 is 2.12 bits per heavy atom. The van der Waals surface area contributed by atoms with E-state index in [1.807, 2.05) is 6.92 Å². The van der Waals surface area contributed by atoms with Crippen molar-refractivity contribution in [3.05, 3.63) is 11.9 Å². The standard InChI is InChI=1S/C12H22N4O/c1-4-11-15-10(13)6-12(16-11)14-7-9(17)5-8(2)3/h6,8-9,17H,4-5,7H2,1-3H3,(H3,13,14,15,16). The molecular formula is C12H22N4O. The SMILES string of the molecule is CCc1nc(N)cc(NCC(O)CC(C)C)n1. The molecule has 17 heavy (non-hydrogen) atoms. The van der Waals surface area contributed by atoms with Crippen LogP contribution in [0.25, 0.3) is 0 Å². The van der Waals surface area contributed by atoms with Crippen LogP contribution in [0.3, 0.4) is 0 Å². The quantitative estimate of drug-likeness (QED) is 0.698. The first-order valence-electron chi connectivity index (χ1n) is 6.06. The summed E-state index contributed by atoms with van der Waals surface area (Å²) in [7, 11) is 0. The number of aromatic nitrogens is 2. The van der Waals surface area contributed by atoms with Crippen LogP contribution >= 0.6 is 0 Å². The maximum atomic E-state index is 9.74. The molecule has 0 spiro atoms. The second-order valence-corrected chi connectivity index (χ2v) is 4.61. The zero-order chi connectivity index (χ0) is 12.8. The fraction of sp³-hybridized carbons (Fsp3) is 0.667. The number of nitrogens with zero attached hydrogens (tertiary/aromatic N) is 2. The first-order chi connectivity index (χ1) is 8.01. The monoisotopic (exact) mass is 238 g/mol. The predicted molar refractivity (Wildman–Crippen MR) is 69.8 cm³/mol. The van der Waals surface area contributed by atoms with E-state index in [1.165, 1.54) is 0 Å². The molecule has 0 aliphatic heterocycles. The van der Waals surface area contributed by atoms with Crippen molar-refractivity contribution in [2.24, 2.45) is 5.92 Å². The third-order valence-electron chi connectivity index (χ3n) is 2.37. The van der Waals surface area contributed by atoms with Gasteiger partial charge in [-0.05, 0) is 12.3 Å². The summed E-state index contributed by atoms with van der Waals surface area (Å²) >= 11 is 0. The minimum atomic E-state index is -0.365. The minimum absolute atomic E-state index is 0.365. The molecule has 1 rings (SSSR count). The Labute approximate surface area is 102 Å². The number of hydrogen-bond donors (Lipinski definition) is 3. The molecule has 1 heterocycles. The van der Waals surface area contributed by atoms with Crippen LogP contribution in [0.4, 0.5) is 11.6 Å². The van der Waals surface area contributed by atoms with Gasteiger partial charge < -0.3 is 16.2 Å². The van der Waals surface area contributed by atoms with Gasteiger partial charge in [0, 0.05) is 19.0 Å². The Morgan fingerprint density at radius 3 is 2.71 bits per heavy atom. The van der Waals surface area contributed by atoms with Gasteiger partial charge in [0.1, 0.15) is 17.5 Å². The normalized spacial score (nSPS) is 12.8. The number of nitrogen functional groups attached to an aromatic ring is 1. The molecule has 1 aromatic rings. The lowest BCUT2D eigenvalue weighted by Gasteiger charge is -2.14. The van der Waals surface area contributed by atoms with Gasteiger partial charge in [0.05, 0.1) is 6.10 Å². The van der Waals surface area contributed by atoms with Gasteiger partial charge in [-0.3, -0.25) is 0 Å². The maximum Gasteiger partial charge on any atom is 0.132 e. The highest BCUT2D eigenvalue weighted by atomic mass is 16.3. The molecule has 0 aliphatic carbocycles. The van der Waals surface area contributed by atoms with Crippen molar-refractivity contribution >= 4 is 11.6 Å². The number of aryl methyl sites for hydroxylation is 1. The molecule has 0 fully saturated rings. The Hall–Kier alpha value is -1.36. The highest BCUT2D eigenvalue weighted by Gasteiger charge is 2.07. The Balaban J connectivity index is 2.54. The topological polar surface area (TPSA) is 84.1 Å². The van der Waals surface area contributed by atoms with Gasteiger partial charge in [-0.25, -0.2) is 9.97 Å². The minimum Gasteiger partial charge on any atom is -0.391 e. The summed E-state index contributed by atoms with van der Waals surface area (Å²) in [6, 6.07) is 1.68. The number of aliphatic hydroxyl groups is 1. The Morgan fingerprint density at radius 1 is 1.41 bits per heavy atom. The second kappa shape index (κ2) is 6.39. The molecule has 96 valence electrons. The van der Waals surface area contributed by atoms with Crippen LogP contribution in [0.15, 0.2) is 6.07 Å². The van der Waals surface area contributed by atoms with E-state index in [4.69, 9.17) is 5.73 Å². The van der Waals surface area contributed by atoms with E-state index in [-0.39, 0.29) is 6.10 Å². The number of hydrogen-bond acceptors (Lipinski definition) is 5. The predicted octanol–water partition coefficient (Wildman–Crippen LogP) is 1.44. The van der Waals surface area contributed by atoms with Crippen LogP contribution < -0.4 is 11.1 Å². The number of rotatable bonds is 6. The zero-order valence-electron chi connectivity index (χ0n) is 10.8. The van der Waals surface area contributed by atoms with Crippen molar-refractivity contribution in [1.29, 1.82) is 0 Å². The molecule has 0 amide bonds. The first-order valence-corrected chi connectivity index (χ1v) is 6.06. The molecule has 0 saturated carbocycles. The Kier molecular flexibility index (Phi) is 5.15. The van der Waals surface area contributed by atoms with E-state index < -0.39 is 0 Å². The van der Waals surface area contributed by atoms with E-state index >= 15 is 0 Å². The molecule has 0 saturated heterocycles. The fourth-order valence-corrected chi connectivity index (χ4v) is 1.62. The molecule has 0 bridgehead atoms. The van der Waals surface area contributed by atoms with Crippen LogP contribution in [-0.4, -0.2) is 27.7 Å². The molecule has 5 heteroatoms. The highest BCUT2D eigenvalue weighted by Crippen LogP contribution is 2.10. The fourth-order valence-electron chi connectivity index (χ4n) is 1.62. The largest absolute Gasteiger partial charge is 0.391 e.